The molecule has 529 valence electrons. The molecular weight excluding hydrogens is 1580 g/mol. The third kappa shape index (κ3) is 15.4. The van der Waals surface area contributed by atoms with Gasteiger partial charge in [0.05, 0.1) is 73.1 Å². The van der Waals surface area contributed by atoms with Gasteiger partial charge >= 0.3 is 38.3 Å². The number of aromatic nitrogens is 8. The molecular formula is C57H38Cl2CuN14O21S7. The summed E-state index contributed by atoms with van der Waals surface area (Å²) < 4.78 is 221. The largest absolute Gasteiger partial charge is 2.00 e. The van der Waals surface area contributed by atoms with Crippen LogP contribution < -0.4 is 29.8 Å². The van der Waals surface area contributed by atoms with Crippen LogP contribution in [0.4, 0.5) is 22.7 Å². The van der Waals surface area contributed by atoms with Gasteiger partial charge < -0.3 is 40.0 Å². The predicted molar refractivity (Wildman–Crippen MR) is 359 cm³/mol. The normalized spacial score (nSPS) is 13.6. The van der Waals surface area contributed by atoms with E-state index in [2.05, 4.69) is 30.4 Å². The minimum Gasteiger partial charge on any atom is -0.495 e. The number of halogens is 2. The number of benzene rings is 7. The summed E-state index contributed by atoms with van der Waals surface area (Å²) in [7, 11) is -28.8. The number of rotatable bonds is 15. The number of hydrazone groups is 1. The van der Waals surface area contributed by atoms with Crippen LogP contribution in [0.25, 0.3) is 89.7 Å². The smallest absolute Gasteiger partial charge is 0.495 e. The van der Waals surface area contributed by atoms with Crippen LogP contribution in [0, 0.1) is 0 Å². The molecule has 10 aromatic rings. The summed E-state index contributed by atoms with van der Waals surface area (Å²) in [6, 6.07) is 29.3. The van der Waals surface area contributed by atoms with Crippen LogP contribution in [0.2, 0.25) is 10.0 Å². The van der Waals surface area contributed by atoms with Crippen LogP contribution in [-0.2, 0) is 93.3 Å². The van der Waals surface area contributed by atoms with Gasteiger partial charge in [0.1, 0.15) is 26.1 Å². The van der Waals surface area contributed by atoms with Crippen LogP contribution in [0.15, 0.2) is 173 Å². The Labute approximate surface area is 598 Å². The van der Waals surface area contributed by atoms with Gasteiger partial charge in [0.15, 0.2) is 15.9 Å². The van der Waals surface area contributed by atoms with Crippen molar-refractivity contribution < 1.29 is 108 Å². The molecule has 35 nitrogen and oxygen atoms in total. The monoisotopic (exact) mass is 1610 g/mol. The molecule has 0 saturated heterocycles. The number of sulfone groups is 1. The Morgan fingerprint density at radius 2 is 1.10 bits per heavy atom. The molecule has 0 spiro atoms. The maximum absolute atomic E-state index is 15.0. The zero-order valence-corrected chi connectivity index (χ0v) is 58.8. The Hall–Kier alpha value is -9.99. The molecule has 102 heavy (non-hydrogen) atoms. The number of anilines is 3. The van der Waals surface area contributed by atoms with E-state index in [4.69, 9.17) is 88.1 Å². The maximum atomic E-state index is 15.0. The van der Waals surface area contributed by atoms with Gasteiger partial charge in [-0.1, -0.05) is 96.0 Å². The zero-order chi connectivity index (χ0) is 73.0. The van der Waals surface area contributed by atoms with E-state index in [0.717, 1.165) is 53.5 Å². The second kappa shape index (κ2) is 28.8. The van der Waals surface area contributed by atoms with Gasteiger partial charge in [0, 0.05) is 68.5 Å². The Morgan fingerprint density at radius 1 is 0.578 bits per heavy atom. The maximum Gasteiger partial charge on any atom is 2.00 e. The van der Waals surface area contributed by atoms with E-state index in [1.807, 2.05) is 0 Å². The third-order valence-corrected chi connectivity index (χ3v) is 21.2. The number of amides is 1. The fraction of sp³-hybridized carbons (Fsp3) is 0.0877. The summed E-state index contributed by atoms with van der Waals surface area (Å²) in [5, 5.41) is 15.8. The van der Waals surface area contributed by atoms with E-state index in [1.54, 1.807) is 54.6 Å². The van der Waals surface area contributed by atoms with Crippen molar-refractivity contribution in [1.82, 2.24) is 39.9 Å². The van der Waals surface area contributed by atoms with Crippen molar-refractivity contribution >= 4 is 173 Å². The zero-order valence-electron chi connectivity index (χ0n) is 50.7. The number of nitrogens with one attached hydrogen (secondary N) is 2. The molecule has 1 atom stereocenters. The first kappa shape index (κ1) is 74.7. The molecule has 8 bridgehead atoms. The SMILES string of the molecule is COc1cc(S(=O)(=O)CCNc2ccc(S(=O)(=O)O)c(N=NC3C(=O)N(c4cc(Cl)c(S(=O)(=O)O)cc4Cl)N=C3C)c2)ccc1NS(=O)(=O)c1cccc2c1-c1nc-2nc2[n-]c(nc3nc(nc4[n-]c(n1)c1cccc(S(=O)(=O)O)c41)-c1ccccc1-3)c1ccccc21.O=S(=O)=O.O=S(=O)=O.[Cu+2]. The minimum absolute atomic E-state index is 0. The number of hydrogen-bond donors (Lipinski definition) is 5. The molecule has 6 heterocycles. The van der Waals surface area contributed by atoms with E-state index in [0.29, 0.717) is 21.9 Å². The fourth-order valence-corrected chi connectivity index (χ4v) is 15.5. The molecule has 3 aliphatic heterocycles. The van der Waals surface area contributed by atoms with Crippen molar-refractivity contribution in [1.29, 1.82) is 0 Å². The molecule has 1 amide bonds. The number of azo groups is 1. The van der Waals surface area contributed by atoms with Crippen molar-refractivity contribution in [3.63, 3.8) is 0 Å². The molecule has 1 unspecified atom stereocenters. The second-order valence-corrected chi connectivity index (χ2v) is 30.5. The van der Waals surface area contributed by atoms with E-state index in [9.17, 15) is 60.5 Å². The molecule has 3 aromatic heterocycles. The first-order valence-electron chi connectivity index (χ1n) is 27.8. The van der Waals surface area contributed by atoms with Crippen LogP contribution in [0.1, 0.15) is 6.92 Å². The summed E-state index contributed by atoms with van der Waals surface area (Å²) in [4.78, 5) is 49.0. The van der Waals surface area contributed by atoms with Crippen molar-refractivity contribution in [2.24, 2.45) is 15.3 Å². The predicted octanol–water partition coefficient (Wildman–Crippen LogP) is 6.73. The molecule has 5 N–H and O–H groups in total. The molecule has 0 fully saturated rings. The first-order chi connectivity index (χ1) is 47.5. The van der Waals surface area contributed by atoms with Gasteiger partial charge in [0.25, 0.3) is 46.3 Å². The molecule has 45 heteroatoms. The molecule has 3 aliphatic rings. The Morgan fingerprint density at radius 3 is 1.71 bits per heavy atom. The molecule has 13 rings (SSSR count). The number of ether oxygens (including phenoxy) is 1. The van der Waals surface area contributed by atoms with Crippen LogP contribution >= 0.6 is 23.2 Å². The molecule has 0 aliphatic carbocycles. The number of nitrogens with zero attached hydrogens (tertiary/aromatic N) is 12. The summed E-state index contributed by atoms with van der Waals surface area (Å²) >= 11 is 12.3. The van der Waals surface area contributed by atoms with Crippen molar-refractivity contribution in [3.05, 3.63) is 144 Å². The van der Waals surface area contributed by atoms with E-state index < -0.39 is 119 Å². The summed E-state index contributed by atoms with van der Waals surface area (Å²) in [6.07, 6.45) is 0. The van der Waals surface area contributed by atoms with Gasteiger partial charge in [-0.25, -0.2) is 26.8 Å². The van der Waals surface area contributed by atoms with Crippen LogP contribution in [0.3, 0.4) is 0 Å². The van der Waals surface area contributed by atoms with Gasteiger partial charge in [-0.2, -0.15) is 45.6 Å². The summed E-state index contributed by atoms with van der Waals surface area (Å²) in [6.45, 7) is 1.03. The first-order valence-corrected chi connectivity index (χ1v) is 38.0. The number of hydrogen-bond acceptors (Lipinski definition) is 28. The van der Waals surface area contributed by atoms with Gasteiger partial charge in [-0.15, -0.1) is 25.3 Å². The van der Waals surface area contributed by atoms with Gasteiger partial charge in [0.2, 0.25) is 0 Å². The molecule has 0 saturated carbocycles. The van der Waals surface area contributed by atoms with E-state index >= 15 is 0 Å². The van der Waals surface area contributed by atoms with Crippen molar-refractivity contribution in [3.8, 4) is 51.3 Å². The van der Waals surface area contributed by atoms with Crippen molar-refractivity contribution in [2.75, 3.05) is 34.5 Å². The average molecular weight is 1610 g/mol. The van der Waals surface area contributed by atoms with Gasteiger partial charge in [-0.05, 0) is 77.7 Å². The van der Waals surface area contributed by atoms with Crippen molar-refractivity contribution in [2.45, 2.75) is 37.4 Å². The minimum atomic E-state index is -4.99. The third-order valence-electron chi connectivity index (χ3n) is 14.7. The van der Waals surface area contributed by atoms with E-state index in [-0.39, 0.29) is 130 Å². The Balaban J connectivity index is 0.00000118. The Kier molecular flexibility index (Phi) is 21.1. The number of carbonyl (C=O) groups is 1. The number of sulfonamides is 1. The summed E-state index contributed by atoms with van der Waals surface area (Å²) in [5.41, 5.74) is 0.260. The standard InChI is InChI=1S/C57H38Cl2N14O15S5.Cu.2O3S/c1-27-48(57(74)73(71-27)40-25-37(59)45(26-36(40)58)93(85,86)87)70-69-39-23-28(17-20-42(39)91(79,80)81)60-21-22-89(75,76)29-18-19-38(41(24-29)88-2)72-90(77,78)43-15-7-13-34-46(43)55-66-53(34)64-51-31-10-4-3-9-30(31)49(62-51)61-50-32-11-5-6-12-33(32)52(63-50)65-56-47-35(54(67-55)68-56)14-8-16-44(47)92(82,83)84;;2*1-4(2)3/h3-20,23-26,48,60,72H,21-22H2,1-2H3,(H3-2,61,62,63,64,65,66,67,68,69,70,79,80,81,82,83,84,85,86,87);;;/q-2;+2;;. The average Bonchev–Trinajstić information content (AvgIpc) is 1.56. The molecule has 1 radical (unpaired) electrons. The fourth-order valence-electron chi connectivity index (χ4n) is 10.4. The Bertz CT molecular complexity index is 6320. The molecule has 7 aromatic carbocycles. The quantitative estimate of drug-likeness (QED) is 0.0403. The number of methoxy groups -OCH3 is 1. The second-order valence-electron chi connectivity index (χ2n) is 20.9. The topological polar surface area (TPSA) is 530 Å². The van der Waals surface area contributed by atoms with Crippen LogP contribution in [0.5, 0.6) is 5.75 Å². The van der Waals surface area contributed by atoms with Crippen LogP contribution in [-0.4, -0.2) is 148 Å². The van der Waals surface area contributed by atoms with E-state index in [1.165, 1.54) is 44.4 Å². The number of fused-ring (bicyclic) bond motifs is 20. The summed E-state index contributed by atoms with van der Waals surface area (Å²) in [5.74, 6) is -1.78. The number of carbonyl (C=O) groups excluding carboxylic acids is 1. The van der Waals surface area contributed by atoms with Gasteiger partial charge in [-0.3, -0.25) is 23.2 Å².